The van der Waals surface area contributed by atoms with Crippen LogP contribution in [0.2, 0.25) is 0 Å². The van der Waals surface area contributed by atoms with E-state index in [1.54, 1.807) is 0 Å². The smallest absolute Gasteiger partial charge is 0.309 e. The van der Waals surface area contributed by atoms with E-state index in [-0.39, 0.29) is 29.9 Å². The molecule has 1 aliphatic heterocycles. The van der Waals surface area contributed by atoms with E-state index in [0.717, 1.165) is 12.8 Å². The van der Waals surface area contributed by atoms with Gasteiger partial charge in [0.15, 0.2) is 0 Å². The number of carbonyl (C=O) groups is 2. The molecule has 0 N–H and O–H groups in total. The van der Waals surface area contributed by atoms with Crippen LogP contribution in [0.3, 0.4) is 0 Å². The lowest BCUT2D eigenvalue weighted by Gasteiger charge is -2.19. The summed E-state index contributed by atoms with van der Waals surface area (Å²) in [6.45, 7) is 5.58. The highest BCUT2D eigenvalue weighted by Gasteiger charge is 2.52. The lowest BCUT2D eigenvalue weighted by atomic mass is 10.1. The topological polar surface area (TPSA) is 52.6 Å². The van der Waals surface area contributed by atoms with Crippen molar-refractivity contribution in [3.8, 4) is 0 Å². The van der Waals surface area contributed by atoms with E-state index in [1.165, 1.54) is 0 Å². The van der Waals surface area contributed by atoms with Gasteiger partial charge in [-0.05, 0) is 33.6 Å². The number of ether oxygens (including phenoxy) is 2. The predicted molar refractivity (Wildman–Crippen MR) is 56.6 cm³/mol. The average Bonchev–Trinajstić information content (AvgIpc) is 2.81. The number of carbonyl (C=O) groups excluding carboxylic acids is 2. The van der Waals surface area contributed by atoms with Crippen LogP contribution in [-0.4, -0.2) is 23.6 Å². The maximum Gasteiger partial charge on any atom is 0.309 e. The Bertz CT molecular complexity index is 315. The first-order valence-electron chi connectivity index (χ1n) is 5.79. The van der Waals surface area contributed by atoms with Crippen LogP contribution in [-0.2, 0) is 19.1 Å². The molecule has 1 unspecified atom stereocenters. The maximum atomic E-state index is 11.7. The molecule has 2 rings (SSSR count). The van der Waals surface area contributed by atoms with Crippen LogP contribution in [0.15, 0.2) is 0 Å². The molecule has 2 aliphatic rings. The third-order valence-electron chi connectivity index (χ3n) is 2.94. The Morgan fingerprint density at radius 2 is 2.12 bits per heavy atom. The molecule has 0 aromatic rings. The first kappa shape index (κ1) is 11.4. The highest BCUT2D eigenvalue weighted by Crippen LogP contribution is 2.46. The van der Waals surface area contributed by atoms with Crippen LogP contribution in [0.25, 0.3) is 0 Å². The van der Waals surface area contributed by atoms with Crippen LogP contribution in [0, 0.1) is 11.8 Å². The summed E-state index contributed by atoms with van der Waals surface area (Å²) >= 11 is 0. The summed E-state index contributed by atoms with van der Waals surface area (Å²) in [5, 5.41) is 0. The first-order chi connectivity index (χ1) is 7.37. The van der Waals surface area contributed by atoms with Crippen molar-refractivity contribution in [3.63, 3.8) is 0 Å². The van der Waals surface area contributed by atoms with E-state index in [4.69, 9.17) is 9.47 Å². The van der Waals surface area contributed by atoms with Crippen LogP contribution >= 0.6 is 0 Å². The molecule has 1 saturated carbocycles. The Hall–Kier alpha value is -1.06. The van der Waals surface area contributed by atoms with Gasteiger partial charge in [0.05, 0.1) is 5.92 Å². The zero-order chi connectivity index (χ0) is 11.9. The summed E-state index contributed by atoms with van der Waals surface area (Å²) in [6, 6.07) is 0. The second-order valence-corrected chi connectivity index (χ2v) is 5.61. The van der Waals surface area contributed by atoms with Crippen molar-refractivity contribution in [2.45, 2.75) is 51.7 Å². The molecule has 3 atom stereocenters. The van der Waals surface area contributed by atoms with E-state index in [2.05, 4.69) is 0 Å². The highest BCUT2D eigenvalue weighted by molar-refractivity contribution is 5.77. The summed E-state index contributed by atoms with van der Waals surface area (Å²) in [4.78, 5) is 22.7. The number of hydrogen-bond donors (Lipinski definition) is 0. The molecule has 0 aromatic carbocycles. The monoisotopic (exact) mass is 226 g/mol. The van der Waals surface area contributed by atoms with E-state index in [1.807, 2.05) is 20.8 Å². The SMILES string of the molecule is CC(C)(C)OC(=O)[C@H]1C[C@@H]1C1CCC(=O)O1. The van der Waals surface area contributed by atoms with Gasteiger partial charge in [-0.1, -0.05) is 0 Å². The minimum absolute atomic E-state index is 0.0509. The highest BCUT2D eigenvalue weighted by atomic mass is 16.6. The fourth-order valence-electron chi connectivity index (χ4n) is 2.12. The van der Waals surface area contributed by atoms with Gasteiger partial charge in [0.1, 0.15) is 11.7 Å². The fraction of sp³-hybridized carbons (Fsp3) is 0.833. The molecule has 4 heteroatoms. The molecule has 0 spiro atoms. The Morgan fingerprint density at radius 1 is 1.44 bits per heavy atom. The molecule has 0 bridgehead atoms. The maximum absolute atomic E-state index is 11.7. The summed E-state index contributed by atoms with van der Waals surface area (Å²) in [5.74, 6) is -0.156. The molecular formula is C12H18O4. The molecule has 2 fully saturated rings. The van der Waals surface area contributed by atoms with Crippen LogP contribution in [0.4, 0.5) is 0 Å². The van der Waals surface area contributed by atoms with Gasteiger partial charge >= 0.3 is 11.9 Å². The zero-order valence-corrected chi connectivity index (χ0v) is 9.99. The Kier molecular flexibility index (Phi) is 2.68. The van der Waals surface area contributed by atoms with E-state index in [9.17, 15) is 9.59 Å². The average molecular weight is 226 g/mol. The lowest BCUT2D eigenvalue weighted by Crippen LogP contribution is -2.26. The normalized spacial score (nSPS) is 33.4. The Balaban J connectivity index is 1.82. The van der Waals surface area contributed by atoms with Crippen molar-refractivity contribution < 1.29 is 19.1 Å². The lowest BCUT2D eigenvalue weighted by molar-refractivity contribution is -0.158. The van der Waals surface area contributed by atoms with Crippen molar-refractivity contribution in [1.82, 2.24) is 0 Å². The first-order valence-corrected chi connectivity index (χ1v) is 5.79. The van der Waals surface area contributed by atoms with Gasteiger partial charge < -0.3 is 9.47 Å². The standard InChI is InChI=1S/C12H18O4/c1-12(2,3)16-11(14)8-6-7(8)9-4-5-10(13)15-9/h7-9H,4-6H2,1-3H3/t7-,8-,9?/m0/s1. The van der Waals surface area contributed by atoms with Crippen molar-refractivity contribution >= 4 is 11.9 Å². The van der Waals surface area contributed by atoms with Crippen LogP contribution < -0.4 is 0 Å². The van der Waals surface area contributed by atoms with Gasteiger partial charge in [-0.3, -0.25) is 9.59 Å². The van der Waals surface area contributed by atoms with Gasteiger partial charge in [-0.25, -0.2) is 0 Å². The Labute approximate surface area is 95.3 Å². The van der Waals surface area contributed by atoms with Gasteiger partial charge in [0.25, 0.3) is 0 Å². The molecule has 0 radical (unpaired) electrons. The third kappa shape index (κ3) is 2.54. The summed E-state index contributed by atoms with van der Waals surface area (Å²) in [6.07, 6.45) is 1.99. The number of cyclic esters (lactones) is 1. The largest absolute Gasteiger partial charge is 0.462 e. The van der Waals surface area contributed by atoms with Gasteiger partial charge in [0.2, 0.25) is 0 Å². The molecule has 16 heavy (non-hydrogen) atoms. The zero-order valence-electron chi connectivity index (χ0n) is 9.99. The number of esters is 2. The summed E-state index contributed by atoms with van der Waals surface area (Å²) in [5.41, 5.74) is -0.434. The van der Waals surface area contributed by atoms with Crippen LogP contribution in [0.5, 0.6) is 0 Å². The van der Waals surface area contributed by atoms with E-state index >= 15 is 0 Å². The molecule has 0 amide bonds. The minimum atomic E-state index is -0.434. The van der Waals surface area contributed by atoms with Crippen molar-refractivity contribution in [1.29, 1.82) is 0 Å². The minimum Gasteiger partial charge on any atom is -0.462 e. The van der Waals surface area contributed by atoms with Crippen LogP contribution in [0.1, 0.15) is 40.0 Å². The summed E-state index contributed by atoms with van der Waals surface area (Å²) in [7, 11) is 0. The molecule has 1 heterocycles. The molecule has 1 saturated heterocycles. The molecule has 1 aliphatic carbocycles. The fourth-order valence-corrected chi connectivity index (χ4v) is 2.12. The number of rotatable bonds is 2. The van der Waals surface area contributed by atoms with E-state index < -0.39 is 5.60 Å². The van der Waals surface area contributed by atoms with Gasteiger partial charge in [-0.15, -0.1) is 0 Å². The third-order valence-corrected chi connectivity index (χ3v) is 2.94. The van der Waals surface area contributed by atoms with Crippen molar-refractivity contribution in [3.05, 3.63) is 0 Å². The summed E-state index contributed by atoms with van der Waals surface area (Å²) < 4.78 is 10.4. The quantitative estimate of drug-likeness (QED) is 0.672. The van der Waals surface area contributed by atoms with E-state index in [0.29, 0.717) is 6.42 Å². The predicted octanol–water partition coefficient (Wildman–Crippen LogP) is 1.67. The molecule has 4 nitrogen and oxygen atoms in total. The molecule has 0 aromatic heterocycles. The number of hydrogen-bond acceptors (Lipinski definition) is 4. The second kappa shape index (κ2) is 3.75. The Morgan fingerprint density at radius 3 is 2.62 bits per heavy atom. The molecular weight excluding hydrogens is 208 g/mol. The van der Waals surface area contributed by atoms with Gasteiger partial charge in [0, 0.05) is 12.3 Å². The van der Waals surface area contributed by atoms with Crippen molar-refractivity contribution in [2.75, 3.05) is 0 Å². The second-order valence-electron chi connectivity index (χ2n) is 5.61. The van der Waals surface area contributed by atoms with Crippen molar-refractivity contribution in [2.24, 2.45) is 11.8 Å². The molecule has 90 valence electrons. The van der Waals surface area contributed by atoms with Gasteiger partial charge in [-0.2, -0.15) is 0 Å².